The van der Waals surface area contributed by atoms with Gasteiger partial charge < -0.3 is 15.2 Å². The molecule has 1 aromatic carbocycles. The number of carbonyl (C=O) groups is 2. The fourth-order valence-corrected chi connectivity index (χ4v) is 3.50. The number of esters is 1. The quantitative estimate of drug-likeness (QED) is 0.419. The Bertz CT molecular complexity index is 587. The molecule has 2 atom stereocenters. The molecule has 2 N–H and O–H groups in total. The van der Waals surface area contributed by atoms with Gasteiger partial charge >= 0.3 is 12.1 Å². The van der Waals surface area contributed by atoms with Crippen molar-refractivity contribution >= 4 is 12.1 Å². The zero-order valence-electron chi connectivity index (χ0n) is 15.7. The molecule has 0 spiro atoms. The third kappa shape index (κ3) is 6.70. The predicted octanol–water partition coefficient (Wildman–Crippen LogP) is 4.68. The van der Waals surface area contributed by atoms with E-state index in [0.29, 0.717) is 6.54 Å². The molecular weight excluding hydrogens is 330 g/mol. The minimum Gasteiger partial charge on any atom is -0.465 e. The van der Waals surface area contributed by atoms with Crippen molar-refractivity contribution in [1.82, 2.24) is 5.32 Å². The predicted molar refractivity (Wildman–Crippen MR) is 101 cm³/mol. The Hall–Kier alpha value is -2.04. The minimum atomic E-state index is -1.00. The Morgan fingerprint density at radius 2 is 1.88 bits per heavy atom. The minimum absolute atomic E-state index is 0.00914. The van der Waals surface area contributed by atoms with Crippen LogP contribution < -0.4 is 5.32 Å². The Morgan fingerprint density at radius 3 is 2.62 bits per heavy atom. The van der Waals surface area contributed by atoms with Gasteiger partial charge in [-0.05, 0) is 43.2 Å². The molecule has 1 fully saturated rings. The van der Waals surface area contributed by atoms with Crippen molar-refractivity contribution in [3.63, 3.8) is 0 Å². The molecule has 0 radical (unpaired) electrons. The summed E-state index contributed by atoms with van der Waals surface area (Å²) in [4.78, 5) is 22.2. The molecule has 26 heavy (non-hydrogen) atoms. The van der Waals surface area contributed by atoms with Gasteiger partial charge in [0.05, 0.1) is 5.92 Å². The van der Waals surface area contributed by atoms with Gasteiger partial charge in [0.15, 0.2) is 0 Å². The monoisotopic (exact) mass is 361 g/mol. The third-order valence-electron chi connectivity index (χ3n) is 5.03. The molecule has 1 heterocycles. The van der Waals surface area contributed by atoms with Gasteiger partial charge in [-0.2, -0.15) is 0 Å². The van der Waals surface area contributed by atoms with E-state index < -0.39 is 6.09 Å². The second-order valence-electron chi connectivity index (χ2n) is 7.16. The topological polar surface area (TPSA) is 75.6 Å². The summed E-state index contributed by atoms with van der Waals surface area (Å²) in [5, 5.41) is 11.1. The Labute approximate surface area is 156 Å². The van der Waals surface area contributed by atoms with Crippen molar-refractivity contribution in [3.8, 4) is 0 Å². The lowest BCUT2D eigenvalue weighted by atomic mass is 9.87. The lowest BCUT2D eigenvalue weighted by Gasteiger charge is -2.35. The zero-order valence-corrected chi connectivity index (χ0v) is 15.7. The number of nitrogens with one attached hydrogen (secondary N) is 1. The first-order valence-electron chi connectivity index (χ1n) is 9.85. The first kappa shape index (κ1) is 20.3. The highest BCUT2D eigenvalue weighted by Crippen LogP contribution is 2.31. The van der Waals surface area contributed by atoms with E-state index in [4.69, 9.17) is 9.84 Å². The van der Waals surface area contributed by atoms with Crippen molar-refractivity contribution in [3.05, 3.63) is 35.4 Å². The summed E-state index contributed by atoms with van der Waals surface area (Å²) in [6, 6.07) is 8.02. The zero-order chi connectivity index (χ0) is 18.8. The van der Waals surface area contributed by atoms with Crippen LogP contribution in [0.2, 0.25) is 0 Å². The second-order valence-corrected chi connectivity index (χ2v) is 7.16. The summed E-state index contributed by atoms with van der Waals surface area (Å²) in [6.07, 6.45) is 8.88. The van der Waals surface area contributed by atoms with E-state index in [1.165, 1.54) is 24.8 Å². The summed E-state index contributed by atoms with van der Waals surface area (Å²) in [5.74, 6) is 0.113. The largest absolute Gasteiger partial charge is 0.465 e. The van der Waals surface area contributed by atoms with Crippen molar-refractivity contribution in [1.29, 1.82) is 0 Å². The van der Waals surface area contributed by atoms with Gasteiger partial charge in [-0.25, -0.2) is 4.79 Å². The number of hydrogen-bond donors (Lipinski definition) is 2. The average molecular weight is 361 g/mol. The number of carbonyl (C=O) groups excluding carboxylic acids is 1. The summed E-state index contributed by atoms with van der Waals surface area (Å²) >= 11 is 0. The van der Waals surface area contributed by atoms with Crippen LogP contribution in [0.5, 0.6) is 0 Å². The van der Waals surface area contributed by atoms with Crippen LogP contribution in [0.25, 0.3) is 0 Å². The van der Waals surface area contributed by atoms with Gasteiger partial charge in [0.25, 0.3) is 0 Å². The van der Waals surface area contributed by atoms with Gasteiger partial charge in [-0.15, -0.1) is 0 Å². The molecule has 1 amide bonds. The molecule has 2 rings (SSSR count). The third-order valence-corrected chi connectivity index (χ3v) is 5.03. The van der Waals surface area contributed by atoms with Crippen LogP contribution >= 0.6 is 0 Å². The van der Waals surface area contributed by atoms with E-state index in [1.54, 1.807) is 0 Å². The molecular formula is C21H31NO4. The van der Waals surface area contributed by atoms with Crippen LogP contribution in [-0.4, -0.2) is 23.3 Å². The van der Waals surface area contributed by atoms with Crippen molar-refractivity contribution in [2.45, 2.75) is 77.4 Å². The molecule has 144 valence electrons. The number of hydrogen-bond acceptors (Lipinski definition) is 3. The van der Waals surface area contributed by atoms with Crippen LogP contribution in [0.15, 0.2) is 24.3 Å². The molecule has 1 aromatic rings. The van der Waals surface area contributed by atoms with Crippen LogP contribution in [-0.2, 0) is 22.5 Å². The first-order chi connectivity index (χ1) is 12.6. The highest BCUT2D eigenvalue weighted by atomic mass is 16.6. The number of benzene rings is 1. The van der Waals surface area contributed by atoms with Gasteiger partial charge in [0.2, 0.25) is 0 Å². The van der Waals surface area contributed by atoms with Crippen molar-refractivity contribution < 1.29 is 19.4 Å². The number of cyclic esters (lactones) is 1. The molecule has 0 saturated carbocycles. The number of rotatable bonds is 12. The van der Waals surface area contributed by atoms with E-state index in [2.05, 4.69) is 24.4 Å². The Kier molecular flexibility index (Phi) is 8.45. The van der Waals surface area contributed by atoms with Gasteiger partial charge in [0, 0.05) is 6.54 Å². The van der Waals surface area contributed by atoms with Crippen LogP contribution in [0, 0.1) is 5.92 Å². The molecule has 0 aliphatic carbocycles. The van der Waals surface area contributed by atoms with E-state index in [1.807, 2.05) is 12.1 Å². The number of amides is 1. The molecule has 5 heteroatoms. The lowest BCUT2D eigenvalue weighted by molar-refractivity contribution is -0.186. The maximum atomic E-state index is 11.6. The molecule has 5 nitrogen and oxygen atoms in total. The lowest BCUT2D eigenvalue weighted by Crippen LogP contribution is -2.44. The first-order valence-corrected chi connectivity index (χ1v) is 9.85. The van der Waals surface area contributed by atoms with Gasteiger partial charge in [0.1, 0.15) is 6.10 Å². The Morgan fingerprint density at radius 1 is 1.12 bits per heavy atom. The van der Waals surface area contributed by atoms with Crippen molar-refractivity contribution in [2.24, 2.45) is 5.92 Å². The molecule has 1 aliphatic heterocycles. The summed E-state index contributed by atoms with van der Waals surface area (Å²) in [7, 11) is 0. The Balaban J connectivity index is 1.64. The standard InChI is InChI=1S/C21H31NO4/c1-2-3-4-5-12-18-19(26-20(18)23)13-7-6-9-16-10-8-11-17(14-16)15-22-21(24)25/h8,10-11,14,18-19,22H,2-7,9,12-13,15H2,1H3,(H,24,25)/t18-,19-/m1/s1. The second kappa shape index (κ2) is 10.8. The average Bonchev–Trinajstić information content (AvgIpc) is 2.62. The van der Waals surface area contributed by atoms with Crippen LogP contribution in [0.3, 0.4) is 0 Å². The maximum Gasteiger partial charge on any atom is 0.404 e. The van der Waals surface area contributed by atoms with E-state index in [0.717, 1.165) is 44.1 Å². The molecule has 0 unspecified atom stereocenters. The summed E-state index contributed by atoms with van der Waals surface area (Å²) in [6.45, 7) is 2.53. The maximum absolute atomic E-state index is 11.6. The molecule has 0 aromatic heterocycles. The number of ether oxygens (including phenoxy) is 1. The smallest absolute Gasteiger partial charge is 0.404 e. The SMILES string of the molecule is CCCCCC[C@H]1C(=O)O[C@@H]1CCCCc1cccc(CNC(=O)O)c1. The molecule has 0 bridgehead atoms. The normalized spacial score (nSPS) is 18.9. The fourth-order valence-electron chi connectivity index (χ4n) is 3.50. The molecule has 1 aliphatic rings. The number of carboxylic acid groups (broad SMARTS) is 1. The fraction of sp³-hybridized carbons (Fsp3) is 0.619. The number of aryl methyl sites for hydroxylation is 1. The van der Waals surface area contributed by atoms with Gasteiger partial charge in [-0.1, -0.05) is 56.9 Å². The van der Waals surface area contributed by atoms with E-state index >= 15 is 0 Å². The highest BCUT2D eigenvalue weighted by Gasteiger charge is 2.40. The van der Waals surface area contributed by atoms with E-state index in [-0.39, 0.29) is 18.0 Å². The van der Waals surface area contributed by atoms with Crippen LogP contribution in [0.1, 0.15) is 69.4 Å². The van der Waals surface area contributed by atoms with Crippen molar-refractivity contribution in [2.75, 3.05) is 0 Å². The summed E-state index contributed by atoms with van der Waals surface area (Å²) < 4.78 is 5.33. The summed E-state index contributed by atoms with van der Waals surface area (Å²) in [5.41, 5.74) is 2.20. The van der Waals surface area contributed by atoms with E-state index in [9.17, 15) is 9.59 Å². The number of unbranched alkanes of at least 4 members (excludes halogenated alkanes) is 4. The molecule has 1 saturated heterocycles. The highest BCUT2D eigenvalue weighted by molar-refractivity contribution is 5.78. The van der Waals surface area contributed by atoms with Crippen LogP contribution in [0.4, 0.5) is 4.79 Å². The van der Waals surface area contributed by atoms with Gasteiger partial charge in [-0.3, -0.25) is 4.79 Å².